The Balaban J connectivity index is 2.42. The molecule has 1 aromatic carbocycles. The maximum absolute atomic E-state index is 13.2. The largest absolute Gasteiger partial charge is 0.491 e. The summed E-state index contributed by atoms with van der Waals surface area (Å²) in [6, 6.07) is 4.40. The van der Waals surface area contributed by atoms with E-state index in [1.54, 1.807) is 42.2 Å². The number of likely N-dealkylation sites (N-methyl/N-ethyl adjacent to an activating group) is 1. The summed E-state index contributed by atoms with van der Waals surface area (Å²) in [7, 11) is 4.75. The van der Waals surface area contributed by atoms with Crippen molar-refractivity contribution in [2.24, 2.45) is 5.92 Å². The molecule has 3 atom stereocenters. The van der Waals surface area contributed by atoms with Gasteiger partial charge in [-0.1, -0.05) is 6.92 Å². The molecule has 1 heterocycles. The van der Waals surface area contributed by atoms with Crippen LogP contribution in [0, 0.1) is 5.92 Å². The van der Waals surface area contributed by atoms with Crippen molar-refractivity contribution in [3.8, 4) is 5.75 Å². The molecular weight excluding hydrogens is 440 g/mol. The monoisotopic (exact) mass is 478 g/mol. The molecular formula is C24H38N4O6. The van der Waals surface area contributed by atoms with Gasteiger partial charge in [-0.25, -0.2) is 4.79 Å². The highest BCUT2D eigenvalue weighted by atomic mass is 16.5. The molecule has 4 amide bonds. The molecule has 0 aromatic heterocycles. The molecule has 2 N–H and O–H groups in total. The van der Waals surface area contributed by atoms with Gasteiger partial charge in [0.2, 0.25) is 5.91 Å². The average molecular weight is 479 g/mol. The van der Waals surface area contributed by atoms with Crippen LogP contribution in [-0.2, 0) is 14.3 Å². The smallest absolute Gasteiger partial charge is 0.317 e. The van der Waals surface area contributed by atoms with E-state index in [1.807, 2.05) is 27.7 Å². The summed E-state index contributed by atoms with van der Waals surface area (Å²) in [5.74, 6) is -0.244. The zero-order chi connectivity index (χ0) is 25.4. The first-order valence-electron chi connectivity index (χ1n) is 11.5. The van der Waals surface area contributed by atoms with Crippen molar-refractivity contribution < 1.29 is 28.6 Å². The number of hydrogen-bond acceptors (Lipinski definition) is 6. The molecule has 0 fully saturated rings. The van der Waals surface area contributed by atoms with E-state index in [-0.39, 0.29) is 55.2 Å². The summed E-state index contributed by atoms with van der Waals surface area (Å²) in [6.45, 7) is 8.57. The minimum Gasteiger partial charge on any atom is -0.491 e. The van der Waals surface area contributed by atoms with E-state index in [1.165, 1.54) is 7.11 Å². The number of methoxy groups -OCH3 is 2. The number of ether oxygens (including phenoxy) is 3. The minimum atomic E-state index is -0.319. The second-order valence-electron chi connectivity index (χ2n) is 9.05. The minimum absolute atomic E-state index is 0.0155. The van der Waals surface area contributed by atoms with Gasteiger partial charge in [0.25, 0.3) is 5.91 Å². The second-order valence-corrected chi connectivity index (χ2v) is 9.05. The fourth-order valence-corrected chi connectivity index (χ4v) is 3.79. The van der Waals surface area contributed by atoms with Crippen LogP contribution in [0.25, 0.3) is 0 Å². The normalized spacial score (nSPS) is 21.8. The Morgan fingerprint density at radius 1 is 1.21 bits per heavy atom. The van der Waals surface area contributed by atoms with E-state index < -0.39 is 0 Å². The number of benzene rings is 1. The predicted molar refractivity (Wildman–Crippen MR) is 129 cm³/mol. The van der Waals surface area contributed by atoms with E-state index in [0.29, 0.717) is 30.1 Å². The lowest BCUT2D eigenvalue weighted by atomic mass is 10.0. The fourth-order valence-electron chi connectivity index (χ4n) is 3.79. The van der Waals surface area contributed by atoms with Crippen LogP contribution >= 0.6 is 0 Å². The molecule has 10 nitrogen and oxygen atoms in total. The van der Waals surface area contributed by atoms with Crippen LogP contribution in [0.4, 0.5) is 10.5 Å². The van der Waals surface area contributed by atoms with Crippen molar-refractivity contribution in [3.63, 3.8) is 0 Å². The molecule has 1 aromatic rings. The molecule has 0 radical (unpaired) electrons. The van der Waals surface area contributed by atoms with Gasteiger partial charge in [0.05, 0.1) is 17.7 Å². The van der Waals surface area contributed by atoms with E-state index in [4.69, 9.17) is 14.2 Å². The third kappa shape index (κ3) is 7.33. The lowest BCUT2D eigenvalue weighted by Gasteiger charge is -2.36. The first kappa shape index (κ1) is 27.4. The third-order valence-corrected chi connectivity index (χ3v) is 5.68. The maximum Gasteiger partial charge on any atom is 0.317 e. The van der Waals surface area contributed by atoms with Crippen molar-refractivity contribution in [2.45, 2.75) is 45.9 Å². The van der Waals surface area contributed by atoms with Crippen molar-refractivity contribution in [2.75, 3.05) is 52.9 Å². The Bertz CT molecular complexity index is 862. The summed E-state index contributed by atoms with van der Waals surface area (Å²) in [5.41, 5.74) is 0.842. The summed E-state index contributed by atoms with van der Waals surface area (Å²) in [5, 5.41) is 5.68. The first-order valence-corrected chi connectivity index (χ1v) is 11.5. The zero-order valence-corrected chi connectivity index (χ0v) is 21.2. The summed E-state index contributed by atoms with van der Waals surface area (Å²) < 4.78 is 16.6. The molecule has 0 aliphatic carbocycles. The number of nitrogens with zero attached hydrogens (tertiary/aromatic N) is 2. The van der Waals surface area contributed by atoms with Crippen molar-refractivity contribution >= 4 is 23.5 Å². The van der Waals surface area contributed by atoms with Crippen LogP contribution < -0.4 is 15.4 Å². The van der Waals surface area contributed by atoms with Gasteiger partial charge in [0.1, 0.15) is 19.0 Å². The van der Waals surface area contributed by atoms with Crippen LogP contribution in [0.3, 0.4) is 0 Å². The molecule has 10 heteroatoms. The van der Waals surface area contributed by atoms with Gasteiger partial charge in [-0.2, -0.15) is 0 Å². The van der Waals surface area contributed by atoms with Crippen LogP contribution in [0.15, 0.2) is 18.2 Å². The fraction of sp³-hybridized carbons (Fsp3) is 0.625. The number of amides is 4. The van der Waals surface area contributed by atoms with Crippen LogP contribution in [0.1, 0.15) is 38.1 Å². The quantitative estimate of drug-likeness (QED) is 0.672. The highest BCUT2D eigenvalue weighted by Crippen LogP contribution is 2.27. The molecule has 190 valence electrons. The van der Waals surface area contributed by atoms with Crippen LogP contribution in [0.2, 0.25) is 0 Å². The number of carbonyl (C=O) groups excluding carboxylic acids is 3. The van der Waals surface area contributed by atoms with Crippen molar-refractivity contribution in [1.82, 2.24) is 15.1 Å². The number of rotatable bonds is 5. The molecule has 1 aliphatic heterocycles. The summed E-state index contributed by atoms with van der Waals surface area (Å²) in [4.78, 5) is 41.5. The summed E-state index contributed by atoms with van der Waals surface area (Å²) in [6.07, 6.45) is -0.271. The lowest BCUT2D eigenvalue weighted by molar-refractivity contribution is -0.119. The average Bonchev–Trinajstić information content (AvgIpc) is 2.77. The van der Waals surface area contributed by atoms with Crippen molar-refractivity contribution in [1.29, 1.82) is 0 Å². The highest BCUT2D eigenvalue weighted by Gasteiger charge is 2.30. The number of urea groups is 1. The third-order valence-electron chi connectivity index (χ3n) is 5.68. The number of fused-ring (bicyclic) bond motifs is 1. The lowest BCUT2D eigenvalue weighted by Crippen LogP contribution is -2.52. The van der Waals surface area contributed by atoms with Gasteiger partial charge in [-0.3, -0.25) is 9.59 Å². The first-order chi connectivity index (χ1) is 16.1. The van der Waals surface area contributed by atoms with E-state index in [9.17, 15) is 14.4 Å². The number of nitrogens with one attached hydrogen (secondary N) is 2. The van der Waals surface area contributed by atoms with Gasteiger partial charge in [-0.15, -0.1) is 0 Å². The Morgan fingerprint density at radius 2 is 1.91 bits per heavy atom. The standard InChI is InChI=1S/C24H38N4O6/c1-15(2)25-24(31)28-11-16(3)21(33-7)12-27(5)23(30)19-9-8-18(26-22(29)14-32-6)10-20(19)34-13-17(28)4/h8-10,15-17,21H,11-14H2,1-7H3,(H,25,31)(H,26,29)/t16-,17-,21+/m0/s1. The molecule has 0 bridgehead atoms. The number of hydrogen-bond donors (Lipinski definition) is 2. The second kappa shape index (κ2) is 12.6. The highest BCUT2D eigenvalue weighted by molar-refractivity contribution is 5.98. The van der Waals surface area contributed by atoms with E-state index >= 15 is 0 Å². The SMILES string of the molecule is COCC(=O)Nc1ccc2c(c1)OC[C@H](C)N(C(=O)NC(C)C)C[C@H](C)[C@H](OC)CN(C)C2=O. The van der Waals surface area contributed by atoms with Crippen molar-refractivity contribution in [3.05, 3.63) is 23.8 Å². The number of anilines is 1. The molecule has 34 heavy (non-hydrogen) atoms. The zero-order valence-electron chi connectivity index (χ0n) is 21.2. The number of carbonyl (C=O) groups is 3. The molecule has 0 unspecified atom stereocenters. The summed E-state index contributed by atoms with van der Waals surface area (Å²) >= 11 is 0. The molecule has 2 rings (SSSR count). The van der Waals surface area contributed by atoms with E-state index in [2.05, 4.69) is 10.6 Å². The van der Waals surface area contributed by atoms with Gasteiger partial charge >= 0.3 is 6.03 Å². The molecule has 0 spiro atoms. The Kier molecular flexibility index (Phi) is 10.1. The molecule has 0 saturated carbocycles. The van der Waals surface area contributed by atoms with Gasteiger partial charge in [0.15, 0.2) is 0 Å². The predicted octanol–water partition coefficient (Wildman–Crippen LogP) is 2.20. The molecule has 0 saturated heterocycles. The van der Waals surface area contributed by atoms with Gasteiger partial charge < -0.3 is 34.6 Å². The van der Waals surface area contributed by atoms with Gasteiger partial charge in [0, 0.05) is 58.1 Å². The van der Waals surface area contributed by atoms with E-state index in [0.717, 1.165) is 0 Å². The van der Waals surface area contributed by atoms with Crippen LogP contribution in [-0.4, -0.2) is 93.4 Å². The van der Waals surface area contributed by atoms with Gasteiger partial charge in [-0.05, 0) is 32.9 Å². The topological polar surface area (TPSA) is 109 Å². The molecule has 1 aliphatic rings. The Hall–Kier alpha value is -2.85. The van der Waals surface area contributed by atoms with Crippen LogP contribution in [0.5, 0.6) is 5.75 Å². The maximum atomic E-state index is 13.2. The Morgan fingerprint density at radius 3 is 2.53 bits per heavy atom. The Labute approximate surface area is 201 Å².